The van der Waals surface area contributed by atoms with E-state index in [0.29, 0.717) is 28.3 Å². The Morgan fingerprint density at radius 1 is 0.815 bits per heavy atom. The number of amides is 1. The van der Waals surface area contributed by atoms with Gasteiger partial charge in [-0.25, -0.2) is 0 Å². The molecule has 5 nitrogen and oxygen atoms in total. The molecule has 0 aliphatic carbocycles. The lowest BCUT2D eigenvalue weighted by Crippen LogP contribution is -2.14. The zero-order chi connectivity index (χ0) is 19.2. The molecule has 0 spiro atoms. The van der Waals surface area contributed by atoms with Crippen LogP contribution in [0.25, 0.3) is 0 Å². The Balaban J connectivity index is 1.82. The lowest BCUT2D eigenvalue weighted by molar-refractivity contribution is 0.101. The van der Waals surface area contributed by atoms with Gasteiger partial charge >= 0.3 is 0 Å². The highest BCUT2D eigenvalue weighted by atomic mass is 16.5. The van der Waals surface area contributed by atoms with Crippen molar-refractivity contribution in [2.75, 3.05) is 17.7 Å². The van der Waals surface area contributed by atoms with Crippen LogP contribution in [-0.2, 0) is 0 Å². The van der Waals surface area contributed by atoms with E-state index in [2.05, 4.69) is 10.6 Å². The van der Waals surface area contributed by atoms with Crippen LogP contribution in [0, 0.1) is 0 Å². The van der Waals surface area contributed by atoms with Crippen LogP contribution >= 0.6 is 0 Å². The molecular weight excluding hydrogens is 340 g/mol. The summed E-state index contributed by atoms with van der Waals surface area (Å²) in [6.07, 6.45) is 0. The summed E-state index contributed by atoms with van der Waals surface area (Å²) in [6.45, 7) is 1.51. The van der Waals surface area contributed by atoms with Crippen LogP contribution in [-0.4, -0.2) is 18.8 Å². The van der Waals surface area contributed by atoms with Gasteiger partial charge in [-0.05, 0) is 55.5 Å². The summed E-state index contributed by atoms with van der Waals surface area (Å²) >= 11 is 0. The maximum atomic E-state index is 12.7. The molecule has 0 fully saturated rings. The molecule has 0 radical (unpaired) electrons. The van der Waals surface area contributed by atoms with Crippen molar-refractivity contribution in [2.24, 2.45) is 0 Å². The predicted octanol–water partition coefficient (Wildman–Crippen LogP) is 4.89. The molecule has 0 aromatic heterocycles. The minimum absolute atomic E-state index is 0.0146. The first kappa shape index (κ1) is 18.2. The average Bonchev–Trinajstić information content (AvgIpc) is 2.69. The topological polar surface area (TPSA) is 67.4 Å². The van der Waals surface area contributed by atoms with Gasteiger partial charge in [-0.1, -0.05) is 24.3 Å². The van der Waals surface area contributed by atoms with Crippen LogP contribution in [0.1, 0.15) is 27.6 Å². The third-order valence-electron chi connectivity index (χ3n) is 4.10. The molecule has 0 unspecified atom stereocenters. The van der Waals surface area contributed by atoms with E-state index in [-0.39, 0.29) is 11.7 Å². The highest BCUT2D eigenvalue weighted by Gasteiger charge is 2.13. The summed E-state index contributed by atoms with van der Waals surface area (Å²) < 4.78 is 5.35. The molecule has 1 amide bonds. The van der Waals surface area contributed by atoms with Crippen molar-refractivity contribution in [3.63, 3.8) is 0 Å². The molecule has 0 aliphatic heterocycles. The Morgan fingerprint density at radius 2 is 1.44 bits per heavy atom. The molecule has 0 saturated heterocycles. The van der Waals surface area contributed by atoms with Crippen molar-refractivity contribution in [3.8, 4) is 5.75 Å². The van der Waals surface area contributed by atoms with Crippen molar-refractivity contribution in [3.05, 3.63) is 83.9 Å². The summed E-state index contributed by atoms with van der Waals surface area (Å²) in [5, 5.41) is 6.11. The Bertz CT molecular complexity index is 965. The first-order chi connectivity index (χ1) is 13.1. The van der Waals surface area contributed by atoms with Gasteiger partial charge in [0.25, 0.3) is 5.91 Å². The van der Waals surface area contributed by atoms with Gasteiger partial charge in [0, 0.05) is 11.3 Å². The van der Waals surface area contributed by atoms with Crippen LogP contribution in [0.2, 0.25) is 0 Å². The number of hydrogen-bond donors (Lipinski definition) is 2. The van der Waals surface area contributed by atoms with Gasteiger partial charge in [-0.15, -0.1) is 0 Å². The Labute approximate surface area is 158 Å². The lowest BCUT2D eigenvalue weighted by atomic mass is 10.1. The van der Waals surface area contributed by atoms with Crippen molar-refractivity contribution in [1.82, 2.24) is 0 Å². The van der Waals surface area contributed by atoms with Gasteiger partial charge in [0.15, 0.2) is 5.78 Å². The summed E-state index contributed by atoms with van der Waals surface area (Å²) in [7, 11) is 1.60. The van der Waals surface area contributed by atoms with Gasteiger partial charge < -0.3 is 15.4 Å². The number of anilines is 3. The Hall–Kier alpha value is -3.60. The van der Waals surface area contributed by atoms with Crippen LogP contribution < -0.4 is 15.4 Å². The standard InChI is InChI=1S/C22H20N2O3/c1-15(25)16-11-13-17(14-12-16)23-22(26)18-7-3-4-8-19(18)24-20-9-5-6-10-21(20)27-2/h3-14,24H,1-2H3,(H,23,26). The monoisotopic (exact) mass is 360 g/mol. The van der Waals surface area contributed by atoms with E-state index in [4.69, 9.17) is 4.74 Å². The van der Waals surface area contributed by atoms with Gasteiger partial charge in [0.05, 0.1) is 24.0 Å². The van der Waals surface area contributed by atoms with E-state index in [0.717, 1.165) is 5.69 Å². The predicted molar refractivity (Wildman–Crippen MR) is 107 cm³/mol. The van der Waals surface area contributed by atoms with E-state index < -0.39 is 0 Å². The molecule has 3 aromatic carbocycles. The second kappa shape index (κ2) is 8.19. The molecule has 2 N–H and O–H groups in total. The second-order valence-corrected chi connectivity index (χ2v) is 5.96. The number of nitrogens with one attached hydrogen (secondary N) is 2. The quantitative estimate of drug-likeness (QED) is 0.614. The smallest absolute Gasteiger partial charge is 0.257 e. The number of methoxy groups -OCH3 is 1. The minimum atomic E-state index is -0.247. The molecule has 5 heteroatoms. The molecule has 0 bridgehead atoms. The third kappa shape index (κ3) is 4.33. The van der Waals surface area contributed by atoms with Crippen LogP contribution in [0.4, 0.5) is 17.1 Å². The molecule has 0 saturated carbocycles. The lowest BCUT2D eigenvalue weighted by Gasteiger charge is -2.14. The van der Waals surface area contributed by atoms with Crippen molar-refractivity contribution in [1.29, 1.82) is 0 Å². The van der Waals surface area contributed by atoms with Crippen molar-refractivity contribution >= 4 is 28.8 Å². The zero-order valence-electron chi connectivity index (χ0n) is 15.2. The number of hydrogen-bond acceptors (Lipinski definition) is 4. The first-order valence-electron chi connectivity index (χ1n) is 8.50. The van der Waals surface area contributed by atoms with E-state index in [1.165, 1.54) is 6.92 Å². The van der Waals surface area contributed by atoms with Gasteiger partial charge in [-0.2, -0.15) is 0 Å². The molecule has 3 aromatic rings. The summed E-state index contributed by atoms with van der Waals surface area (Å²) in [4.78, 5) is 24.1. The van der Waals surface area contributed by atoms with Crippen molar-refractivity contribution in [2.45, 2.75) is 6.92 Å². The van der Waals surface area contributed by atoms with E-state index >= 15 is 0 Å². The minimum Gasteiger partial charge on any atom is -0.495 e. The van der Waals surface area contributed by atoms with Crippen molar-refractivity contribution < 1.29 is 14.3 Å². The molecule has 3 rings (SSSR count). The molecule has 27 heavy (non-hydrogen) atoms. The molecule has 0 heterocycles. The summed E-state index contributed by atoms with van der Waals surface area (Å²) in [5.41, 5.74) is 3.16. The highest BCUT2D eigenvalue weighted by molar-refractivity contribution is 6.08. The maximum absolute atomic E-state index is 12.7. The number of Topliss-reactive ketones (excluding diaryl/α,β-unsaturated/α-hetero) is 1. The van der Waals surface area contributed by atoms with Gasteiger partial charge in [0.1, 0.15) is 5.75 Å². The molecule has 0 aliphatic rings. The highest BCUT2D eigenvalue weighted by Crippen LogP contribution is 2.29. The molecule has 0 atom stereocenters. The maximum Gasteiger partial charge on any atom is 0.257 e. The number of carbonyl (C=O) groups excluding carboxylic acids is 2. The molecule has 136 valence electrons. The number of benzene rings is 3. The third-order valence-corrected chi connectivity index (χ3v) is 4.10. The Morgan fingerprint density at radius 3 is 2.11 bits per heavy atom. The van der Waals surface area contributed by atoms with Gasteiger partial charge in [0.2, 0.25) is 0 Å². The number of para-hydroxylation sites is 3. The fourth-order valence-electron chi connectivity index (χ4n) is 2.67. The SMILES string of the molecule is COc1ccccc1Nc1ccccc1C(=O)Nc1ccc(C(C)=O)cc1. The van der Waals surface area contributed by atoms with E-state index in [1.807, 2.05) is 36.4 Å². The van der Waals surface area contributed by atoms with Crippen LogP contribution in [0.5, 0.6) is 5.75 Å². The first-order valence-corrected chi connectivity index (χ1v) is 8.50. The normalized spacial score (nSPS) is 10.1. The summed E-state index contributed by atoms with van der Waals surface area (Å²) in [6, 6.07) is 21.6. The summed E-state index contributed by atoms with van der Waals surface area (Å²) in [5.74, 6) is 0.426. The Kier molecular flexibility index (Phi) is 5.52. The fraction of sp³-hybridized carbons (Fsp3) is 0.0909. The number of ketones is 1. The molecular formula is C22H20N2O3. The number of rotatable bonds is 6. The van der Waals surface area contributed by atoms with Crippen LogP contribution in [0.15, 0.2) is 72.8 Å². The number of ether oxygens (including phenoxy) is 1. The van der Waals surface area contributed by atoms with Crippen LogP contribution in [0.3, 0.4) is 0 Å². The fourth-order valence-corrected chi connectivity index (χ4v) is 2.67. The largest absolute Gasteiger partial charge is 0.495 e. The second-order valence-electron chi connectivity index (χ2n) is 5.96. The average molecular weight is 360 g/mol. The number of carbonyl (C=O) groups is 2. The zero-order valence-corrected chi connectivity index (χ0v) is 15.2. The van der Waals surface area contributed by atoms with Gasteiger partial charge in [-0.3, -0.25) is 9.59 Å². The van der Waals surface area contributed by atoms with E-state index in [9.17, 15) is 9.59 Å². The van der Waals surface area contributed by atoms with E-state index in [1.54, 1.807) is 43.5 Å².